The predicted molar refractivity (Wildman–Crippen MR) is 89.2 cm³/mol. The van der Waals surface area contributed by atoms with E-state index >= 15 is 0 Å². The maximum atomic E-state index is 11.0. The van der Waals surface area contributed by atoms with Gasteiger partial charge in [-0.3, -0.25) is 10.1 Å². The molecule has 1 unspecified atom stereocenters. The quantitative estimate of drug-likeness (QED) is 0.615. The zero-order valence-electron chi connectivity index (χ0n) is 12.7. The Labute approximate surface area is 135 Å². The van der Waals surface area contributed by atoms with E-state index in [4.69, 9.17) is 11.6 Å². The number of hydrogen-bond acceptors (Lipinski definition) is 3. The van der Waals surface area contributed by atoms with Crippen molar-refractivity contribution in [3.05, 3.63) is 74.3 Å². The molecule has 0 saturated heterocycles. The topological polar surface area (TPSA) is 55.2 Å². The van der Waals surface area contributed by atoms with Gasteiger partial charge in [-0.05, 0) is 36.6 Å². The molecule has 2 aromatic rings. The van der Waals surface area contributed by atoms with Crippen molar-refractivity contribution in [3.8, 4) is 0 Å². The first-order valence-electron chi connectivity index (χ1n) is 7.24. The van der Waals surface area contributed by atoms with Crippen molar-refractivity contribution in [1.29, 1.82) is 0 Å². The van der Waals surface area contributed by atoms with E-state index < -0.39 is 0 Å². The Morgan fingerprint density at radius 1 is 1.23 bits per heavy atom. The smallest absolute Gasteiger partial charge is 0.272 e. The van der Waals surface area contributed by atoms with Crippen molar-refractivity contribution in [2.24, 2.45) is 0 Å². The average molecular weight is 319 g/mol. The van der Waals surface area contributed by atoms with Gasteiger partial charge >= 0.3 is 0 Å². The predicted octanol–water partition coefficient (Wildman–Crippen LogP) is 4.80. The molecule has 116 valence electrons. The van der Waals surface area contributed by atoms with E-state index in [0.717, 1.165) is 17.5 Å². The lowest BCUT2D eigenvalue weighted by molar-refractivity contribution is -0.385. The minimum Gasteiger partial charge on any atom is -0.306 e. The van der Waals surface area contributed by atoms with Crippen molar-refractivity contribution < 1.29 is 4.92 Å². The SMILES string of the molecule is CCC(NCc1cccc([N+](=O)[O-])c1C)c1ccc(Cl)cc1. The van der Waals surface area contributed by atoms with Crippen LogP contribution in [-0.2, 0) is 6.54 Å². The van der Waals surface area contributed by atoms with E-state index in [1.54, 1.807) is 13.0 Å². The molecule has 0 spiro atoms. The molecule has 2 aromatic carbocycles. The molecule has 22 heavy (non-hydrogen) atoms. The monoisotopic (exact) mass is 318 g/mol. The number of nitro benzene ring substituents is 1. The number of benzene rings is 2. The van der Waals surface area contributed by atoms with Crippen molar-refractivity contribution in [2.45, 2.75) is 32.9 Å². The standard InChI is InChI=1S/C17H19ClN2O2/c1-3-16(13-7-9-15(18)10-8-13)19-11-14-5-4-6-17(12(14)2)20(21)22/h4-10,16,19H,3,11H2,1-2H3. The largest absolute Gasteiger partial charge is 0.306 e. The molecule has 5 heteroatoms. The second-order valence-corrected chi connectivity index (χ2v) is 5.65. The normalized spacial score (nSPS) is 12.1. The molecule has 0 aliphatic rings. The Hall–Kier alpha value is -1.91. The van der Waals surface area contributed by atoms with Crippen LogP contribution in [0.15, 0.2) is 42.5 Å². The molecule has 1 N–H and O–H groups in total. The number of hydrogen-bond donors (Lipinski definition) is 1. The van der Waals surface area contributed by atoms with Crippen LogP contribution in [0.3, 0.4) is 0 Å². The highest BCUT2D eigenvalue weighted by molar-refractivity contribution is 6.30. The number of rotatable bonds is 6. The number of nitrogens with one attached hydrogen (secondary N) is 1. The summed E-state index contributed by atoms with van der Waals surface area (Å²) in [6.45, 7) is 4.49. The molecular formula is C17H19ClN2O2. The van der Waals surface area contributed by atoms with Crippen molar-refractivity contribution in [2.75, 3.05) is 0 Å². The first-order chi connectivity index (χ1) is 10.5. The second kappa shape index (κ2) is 7.38. The zero-order chi connectivity index (χ0) is 16.1. The first kappa shape index (κ1) is 16.5. The lowest BCUT2D eigenvalue weighted by Crippen LogP contribution is -2.20. The van der Waals surface area contributed by atoms with E-state index in [2.05, 4.69) is 12.2 Å². The van der Waals surface area contributed by atoms with Crippen LogP contribution in [0, 0.1) is 17.0 Å². The fourth-order valence-corrected chi connectivity index (χ4v) is 2.61. The second-order valence-electron chi connectivity index (χ2n) is 5.21. The summed E-state index contributed by atoms with van der Waals surface area (Å²) >= 11 is 5.92. The lowest BCUT2D eigenvalue weighted by Gasteiger charge is -2.18. The van der Waals surface area contributed by atoms with E-state index in [0.29, 0.717) is 17.1 Å². The van der Waals surface area contributed by atoms with Crippen molar-refractivity contribution >= 4 is 17.3 Å². The summed E-state index contributed by atoms with van der Waals surface area (Å²) in [5.74, 6) is 0. The van der Waals surface area contributed by atoms with Gasteiger partial charge in [-0.2, -0.15) is 0 Å². The minimum absolute atomic E-state index is 0.166. The zero-order valence-corrected chi connectivity index (χ0v) is 13.4. The van der Waals surface area contributed by atoms with Crippen LogP contribution in [0.1, 0.15) is 36.1 Å². The molecule has 0 amide bonds. The number of nitrogens with zero attached hydrogens (tertiary/aromatic N) is 1. The third-order valence-electron chi connectivity index (χ3n) is 3.83. The Kier molecular flexibility index (Phi) is 5.52. The first-order valence-corrected chi connectivity index (χ1v) is 7.62. The highest BCUT2D eigenvalue weighted by atomic mass is 35.5. The van der Waals surface area contributed by atoms with Crippen molar-refractivity contribution in [3.63, 3.8) is 0 Å². The molecule has 2 rings (SSSR count). The Balaban J connectivity index is 2.12. The summed E-state index contributed by atoms with van der Waals surface area (Å²) in [5, 5.41) is 15.2. The van der Waals surface area contributed by atoms with Crippen LogP contribution in [-0.4, -0.2) is 4.92 Å². The molecule has 0 radical (unpaired) electrons. The maximum Gasteiger partial charge on any atom is 0.272 e. The molecule has 1 atom stereocenters. The molecule has 0 fully saturated rings. The molecule has 0 aliphatic heterocycles. The minimum atomic E-state index is -0.338. The van der Waals surface area contributed by atoms with Crippen LogP contribution in [0.5, 0.6) is 0 Å². The van der Waals surface area contributed by atoms with E-state index in [1.165, 1.54) is 6.07 Å². The molecule has 0 aromatic heterocycles. The van der Waals surface area contributed by atoms with Crippen LogP contribution in [0.4, 0.5) is 5.69 Å². The van der Waals surface area contributed by atoms with Gasteiger partial charge in [0.05, 0.1) is 4.92 Å². The highest BCUT2D eigenvalue weighted by Crippen LogP contribution is 2.23. The van der Waals surface area contributed by atoms with Gasteiger partial charge < -0.3 is 5.32 Å². The van der Waals surface area contributed by atoms with Gasteiger partial charge in [0.25, 0.3) is 5.69 Å². The summed E-state index contributed by atoms with van der Waals surface area (Å²) in [6, 6.07) is 13.1. The maximum absolute atomic E-state index is 11.0. The Morgan fingerprint density at radius 3 is 2.50 bits per heavy atom. The van der Waals surface area contributed by atoms with Gasteiger partial charge in [-0.1, -0.05) is 42.8 Å². The fourth-order valence-electron chi connectivity index (χ4n) is 2.49. The Morgan fingerprint density at radius 2 is 1.91 bits per heavy atom. The fraction of sp³-hybridized carbons (Fsp3) is 0.294. The van der Waals surface area contributed by atoms with Crippen LogP contribution in [0.2, 0.25) is 5.02 Å². The van der Waals surface area contributed by atoms with Crippen LogP contribution in [0.25, 0.3) is 0 Å². The number of nitro groups is 1. The van der Waals surface area contributed by atoms with E-state index in [-0.39, 0.29) is 16.7 Å². The molecule has 0 heterocycles. The Bertz CT molecular complexity index is 656. The molecule has 0 bridgehead atoms. The summed E-state index contributed by atoms with van der Waals surface area (Å²) in [6.07, 6.45) is 0.926. The van der Waals surface area contributed by atoms with Gasteiger partial charge in [0.15, 0.2) is 0 Å². The van der Waals surface area contributed by atoms with Gasteiger partial charge in [-0.25, -0.2) is 0 Å². The summed E-state index contributed by atoms with van der Waals surface area (Å²) in [5.41, 5.74) is 2.99. The summed E-state index contributed by atoms with van der Waals surface area (Å²) in [7, 11) is 0. The lowest BCUT2D eigenvalue weighted by atomic mass is 10.0. The summed E-state index contributed by atoms with van der Waals surface area (Å²) < 4.78 is 0. The van der Waals surface area contributed by atoms with Crippen LogP contribution >= 0.6 is 11.6 Å². The highest BCUT2D eigenvalue weighted by Gasteiger charge is 2.14. The summed E-state index contributed by atoms with van der Waals surface area (Å²) in [4.78, 5) is 10.7. The third kappa shape index (κ3) is 3.84. The third-order valence-corrected chi connectivity index (χ3v) is 4.09. The molecular weight excluding hydrogens is 300 g/mol. The van der Waals surface area contributed by atoms with Gasteiger partial charge in [0, 0.05) is 29.2 Å². The average Bonchev–Trinajstić information content (AvgIpc) is 2.50. The molecule has 4 nitrogen and oxygen atoms in total. The molecule has 0 saturated carbocycles. The van der Waals surface area contributed by atoms with Gasteiger partial charge in [0.2, 0.25) is 0 Å². The van der Waals surface area contributed by atoms with Crippen LogP contribution < -0.4 is 5.32 Å². The van der Waals surface area contributed by atoms with Gasteiger partial charge in [0.1, 0.15) is 0 Å². The molecule has 0 aliphatic carbocycles. The van der Waals surface area contributed by atoms with Crippen molar-refractivity contribution in [1.82, 2.24) is 5.32 Å². The number of halogens is 1. The van der Waals surface area contributed by atoms with Gasteiger partial charge in [-0.15, -0.1) is 0 Å². The van der Waals surface area contributed by atoms with E-state index in [9.17, 15) is 10.1 Å². The van der Waals surface area contributed by atoms with E-state index in [1.807, 2.05) is 30.3 Å².